The van der Waals surface area contributed by atoms with Gasteiger partial charge < -0.3 is 36.1 Å². The first-order valence-electron chi connectivity index (χ1n) is 13.2. The number of amides is 3. The summed E-state index contributed by atoms with van der Waals surface area (Å²) in [6, 6.07) is 16.6. The number of alkyl carbamates (subject to hydrolysis) is 1. The molecule has 214 valence electrons. The number of hydrogen-bond acceptors (Lipinski definition) is 8. The number of nitrogens with one attached hydrogen (secondary N) is 3. The van der Waals surface area contributed by atoms with Crippen LogP contribution in [0.3, 0.4) is 0 Å². The lowest BCUT2D eigenvalue weighted by atomic mass is 9.76. The number of thioether (sulfide) groups is 1. The van der Waals surface area contributed by atoms with E-state index in [0.717, 1.165) is 22.9 Å². The molecule has 3 rings (SSSR count). The van der Waals surface area contributed by atoms with Gasteiger partial charge in [-0.15, -0.1) is 0 Å². The van der Waals surface area contributed by atoms with Crippen LogP contribution in [-0.4, -0.2) is 75.5 Å². The molecule has 1 saturated heterocycles. The quantitative estimate of drug-likeness (QED) is 0.0908. The number of ether oxygens (including phenoxy) is 1. The van der Waals surface area contributed by atoms with Gasteiger partial charge in [-0.1, -0.05) is 72.4 Å². The van der Waals surface area contributed by atoms with Crippen LogP contribution in [0.25, 0.3) is 0 Å². The van der Waals surface area contributed by atoms with Gasteiger partial charge in [0.25, 0.3) is 0 Å². The number of rotatable bonds is 13. The Kier molecular flexibility index (Phi) is 12.3. The number of nitrogens with zero attached hydrogens (tertiary/aromatic N) is 1. The molecular weight excluding hydrogens is 533 g/mol. The van der Waals surface area contributed by atoms with Crippen LogP contribution >= 0.6 is 11.8 Å². The molecule has 0 spiro atoms. The maximum Gasteiger partial charge on any atom is 0.475 e. The first-order chi connectivity index (χ1) is 19.2. The number of amidine groups is 1. The zero-order valence-corrected chi connectivity index (χ0v) is 23.0. The Balaban J connectivity index is 1.66. The van der Waals surface area contributed by atoms with Gasteiger partial charge in [-0.3, -0.25) is 15.0 Å². The molecule has 13 heteroatoms. The highest BCUT2D eigenvalue weighted by atomic mass is 32.2. The zero-order valence-electron chi connectivity index (χ0n) is 22.2. The first-order valence-corrected chi connectivity index (χ1v) is 14.2. The van der Waals surface area contributed by atoms with Crippen LogP contribution in [0.1, 0.15) is 36.8 Å². The van der Waals surface area contributed by atoms with E-state index in [1.807, 2.05) is 60.7 Å². The van der Waals surface area contributed by atoms with Gasteiger partial charge in [0.1, 0.15) is 18.7 Å². The highest BCUT2D eigenvalue weighted by molar-refractivity contribution is 8.13. The second-order valence-corrected chi connectivity index (χ2v) is 10.7. The molecule has 0 unspecified atom stereocenters. The third-order valence-electron chi connectivity index (χ3n) is 6.53. The van der Waals surface area contributed by atoms with E-state index in [-0.39, 0.29) is 24.6 Å². The lowest BCUT2D eigenvalue weighted by molar-refractivity contribution is -0.140. The topological polar surface area (TPSA) is 178 Å². The summed E-state index contributed by atoms with van der Waals surface area (Å²) in [5.74, 6) is -1.36. The predicted octanol–water partition coefficient (Wildman–Crippen LogP) is 1.42. The van der Waals surface area contributed by atoms with E-state index >= 15 is 0 Å². The van der Waals surface area contributed by atoms with Crippen molar-refractivity contribution in [1.82, 2.24) is 15.5 Å². The highest BCUT2D eigenvalue weighted by Crippen LogP contribution is 2.21. The van der Waals surface area contributed by atoms with Gasteiger partial charge in [-0.2, -0.15) is 0 Å². The van der Waals surface area contributed by atoms with Crippen LogP contribution in [0.15, 0.2) is 60.7 Å². The van der Waals surface area contributed by atoms with Crippen molar-refractivity contribution in [1.29, 1.82) is 5.41 Å². The Hall–Kier alpha value is -3.55. The van der Waals surface area contributed by atoms with E-state index in [1.54, 1.807) is 0 Å². The Morgan fingerprint density at radius 3 is 2.35 bits per heavy atom. The average Bonchev–Trinajstić information content (AvgIpc) is 3.44. The molecule has 2 aromatic carbocycles. The smallest absolute Gasteiger partial charge is 0.445 e. The largest absolute Gasteiger partial charge is 0.475 e. The first kappa shape index (κ1) is 31.0. The number of likely N-dealkylation sites (tertiary alicyclic amines) is 1. The van der Waals surface area contributed by atoms with Gasteiger partial charge in [-0.05, 0) is 36.8 Å². The highest BCUT2D eigenvalue weighted by Gasteiger charge is 2.39. The van der Waals surface area contributed by atoms with Crippen molar-refractivity contribution < 1.29 is 29.2 Å². The molecule has 0 aliphatic carbocycles. The lowest BCUT2D eigenvalue weighted by Gasteiger charge is -2.30. The van der Waals surface area contributed by atoms with Crippen molar-refractivity contribution in [3.63, 3.8) is 0 Å². The van der Waals surface area contributed by atoms with E-state index in [4.69, 9.17) is 15.9 Å². The maximum atomic E-state index is 13.7. The monoisotopic (exact) mass is 569 g/mol. The molecular formula is C27H36BN5O6S. The van der Waals surface area contributed by atoms with Gasteiger partial charge in [0.05, 0.1) is 5.94 Å². The summed E-state index contributed by atoms with van der Waals surface area (Å²) in [5.41, 5.74) is 6.96. The number of carbonyl (C=O) groups is 3. The molecule has 0 saturated carbocycles. The summed E-state index contributed by atoms with van der Waals surface area (Å²) in [7, 11) is -1.79. The normalized spacial score (nSPS) is 16.1. The van der Waals surface area contributed by atoms with Gasteiger partial charge in [0, 0.05) is 18.7 Å². The van der Waals surface area contributed by atoms with Crippen molar-refractivity contribution in [2.24, 2.45) is 5.73 Å². The minimum atomic E-state index is -1.79. The average molecular weight is 569 g/mol. The van der Waals surface area contributed by atoms with Crippen molar-refractivity contribution in [2.45, 2.75) is 56.7 Å². The molecule has 40 heavy (non-hydrogen) atoms. The molecule has 3 atom stereocenters. The Bertz CT molecular complexity index is 1130. The van der Waals surface area contributed by atoms with Gasteiger partial charge in [-0.25, -0.2) is 4.79 Å². The van der Waals surface area contributed by atoms with Gasteiger partial charge in [0.2, 0.25) is 11.8 Å². The SMILES string of the molecule is N=C(N)SCCC[C@H](NC(=O)[C@@H]1CCCN1C(=O)[C@@H](Cc1ccccc1)NC(=O)OCc1ccccc1)B(O)O. The number of benzene rings is 2. The maximum absolute atomic E-state index is 13.7. The fourth-order valence-corrected chi connectivity index (χ4v) is 5.05. The van der Waals surface area contributed by atoms with Crippen molar-refractivity contribution in [2.75, 3.05) is 12.3 Å². The summed E-state index contributed by atoms with van der Waals surface area (Å²) in [6.45, 7) is 0.369. The standard InChI is InChI=1S/C27H36BN5O6S/c29-26(30)40-16-8-14-23(28(37)38)32-24(34)22-13-7-15-33(22)25(35)21(17-19-9-3-1-4-10-19)31-27(36)39-18-20-11-5-2-6-12-20/h1-6,9-12,21-23,37-38H,7-8,13-18H2,(H3,29,30)(H,31,36)(H,32,34)/t21-,22+,23+/m1/s1. The van der Waals surface area contributed by atoms with Crippen molar-refractivity contribution >= 4 is 42.0 Å². The van der Waals surface area contributed by atoms with E-state index in [2.05, 4.69) is 10.6 Å². The van der Waals surface area contributed by atoms with Crippen LogP contribution in [-0.2, 0) is 27.4 Å². The molecule has 2 aromatic rings. The Morgan fingerprint density at radius 2 is 1.73 bits per heavy atom. The lowest BCUT2D eigenvalue weighted by Crippen LogP contribution is -2.56. The van der Waals surface area contributed by atoms with Crippen LogP contribution in [0.2, 0.25) is 0 Å². The van der Waals surface area contributed by atoms with Gasteiger partial charge in [0.15, 0.2) is 5.17 Å². The van der Waals surface area contributed by atoms with Crippen molar-refractivity contribution in [3.8, 4) is 0 Å². The molecule has 1 heterocycles. The van der Waals surface area contributed by atoms with E-state index in [9.17, 15) is 24.4 Å². The fraction of sp³-hybridized carbons (Fsp3) is 0.407. The van der Waals surface area contributed by atoms with Crippen LogP contribution in [0.4, 0.5) is 4.79 Å². The molecule has 11 nitrogen and oxygen atoms in total. The van der Waals surface area contributed by atoms with Crippen LogP contribution < -0.4 is 16.4 Å². The summed E-state index contributed by atoms with van der Waals surface area (Å²) in [5, 5.41) is 32.2. The zero-order chi connectivity index (χ0) is 28.9. The molecule has 1 aliphatic heterocycles. The predicted molar refractivity (Wildman–Crippen MR) is 154 cm³/mol. The van der Waals surface area contributed by atoms with Crippen molar-refractivity contribution in [3.05, 3.63) is 71.8 Å². The molecule has 3 amide bonds. The number of carbonyl (C=O) groups excluding carboxylic acids is 3. The second kappa shape index (κ2) is 15.9. The molecule has 1 fully saturated rings. The summed E-state index contributed by atoms with van der Waals surface area (Å²) in [4.78, 5) is 41.0. The Labute approximate surface area is 238 Å². The molecule has 0 aromatic heterocycles. The van der Waals surface area contributed by atoms with E-state index in [1.165, 1.54) is 4.90 Å². The molecule has 7 N–H and O–H groups in total. The third-order valence-corrected chi connectivity index (χ3v) is 7.33. The minimum absolute atomic E-state index is 0.0344. The third kappa shape index (κ3) is 9.89. The molecule has 0 radical (unpaired) electrons. The number of nitrogens with two attached hydrogens (primary N) is 1. The summed E-state index contributed by atoms with van der Waals surface area (Å²) >= 11 is 1.13. The van der Waals surface area contributed by atoms with E-state index < -0.39 is 43.1 Å². The fourth-order valence-electron chi connectivity index (χ4n) is 4.52. The molecule has 1 aliphatic rings. The number of hydrogen-bond donors (Lipinski definition) is 6. The molecule has 0 bridgehead atoms. The Morgan fingerprint density at radius 1 is 1.07 bits per heavy atom. The van der Waals surface area contributed by atoms with Gasteiger partial charge >= 0.3 is 13.2 Å². The van der Waals surface area contributed by atoms with E-state index in [0.29, 0.717) is 31.6 Å². The summed E-state index contributed by atoms with van der Waals surface area (Å²) < 4.78 is 5.35. The summed E-state index contributed by atoms with van der Waals surface area (Å²) in [6.07, 6.45) is 1.20. The van der Waals surface area contributed by atoms with Crippen LogP contribution in [0.5, 0.6) is 0 Å². The minimum Gasteiger partial charge on any atom is -0.445 e. The van der Waals surface area contributed by atoms with Crippen LogP contribution in [0, 0.1) is 5.41 Å². The second-order valence-electron chi connectivity index (χ2n) is 9.52.